The van der Waals surface area contributed by atoms with Crippen molar-refractivity contribution in [3.05, 3.63) is 48.0 Å². The minimum atomic E-state index is 0.310. The maximum Gasteiger partial charge on any atom is 0.120 e. The summed E-state index contributed by atoms with van der Waals surface area (Å²) in [6, 6.07) is 7.69. The number of imidazole rings is 1. The van der Waals surface area contributed by atoms with E-state index in [1.54, 1.807) is 18.3 Å². The number of phenolic OH excluding ortho intramolecular Hbond substituents is 1. The fraction of sp³-hybridized carbons (Fsp3) is 0.308. The summed E-state index contributed by atoms with van der Waals surface area (Å²) in [6.07, 6.45) is 4.50. The molecule has 2 aromatic rings. The Morgan fingerprint density at radius 3 is 2.76 bits per heavy atom. The summed E-state index contributed by atoms with van der Waals surface area (Å²) in [6.45, 7) is 2.88. The number of nitrogens with one attached hydrogen (secondary N) is 2. The number of hydrogen-bond acceptors (Lipinski definition) is 3. The number of aromatic nitrogens is 2. The highest BCUT2D eigenvalue weighted by Gasteiger charge is 2.04. The number of benzene rings is 1. The van der Waals surface area contributed by atoms with Gasteiger partial charge >= 0.3 is 0 Å². The summed E-state index contributed by atoms with van der Waals surface area (Å²) in [4.78, 5) is 7.21. The van der Waals surface area contributed by atoms with E-state index in [1.807, 2.05) is 18.3 Å². The molecule has 0 saturated heterocycles. The van der Waals surface area contributed by atoms with Gasteiger partial charge in [0.15, 0.2) is 0 Å². The summed E-state index contributed by atoms with van der Waals surface area (Å²) < 4.78 is 0. The Morgan fingerprint density at radius 1 is 1.35 bits per heavy atom. The number of nitrogens with zero attached hydrogens (tertiary/aromatic N) is 1. The van der Waals surface area contributed by atoms with Gasteiger partial charge in [-0.15, -0.1) is 0 Å². The maximum absolute atomic E-state index is 9.19. The van der Waals surface area contributed by atoms with Crippen LogP contribution in [-0.2, 0) is 13.0 Å². The van der Waals surface area contributed by atoms with E-state index in [0.717, 1.165) is 18.8 Å². The molecule has 0 bridgehead atoms. The lowest BCUT2D eigenvalue weighted by atomic mass is 10.1. The zero-order valence-corrected chi connectivity index (χ0v) is 9.85. The number of phenols is 1. The Bertz CT molecular complexity index is 436. The standard InChI is InChI=1S/C13H17N3O/c1-10(16-9-13-14-6-7-15-13)8-11-2-4-12(17)5-3-11/h2-7,10,16-17H,8-9H2,1H3,(H,14,15)/t10-/m1/s1. The van der Waals surface area contributed by atoms with Crippen LogP contribution >= 0.6 is 0 Å². The van der Waals surface area contributed by atoms with Gasteiger partial charge in [-0.2, -0.15) is 0 Å². The van der Waals surface area contributed by atoms with E-state index in [-0.39, 0.29) is 0 Å². The molecule has 1 atom stereocenters. The van der Waals surface area contributed by atoms with Crippen molar-refractivity contribution in [3.8, 4) is 5.75 Å². The van der Waals surface area contributed by atoms with E-state index in [9.17, 15) is 5.11 Å². The molecule has 1 aromatic heterocycles. The van der Waals surface area contributed by atoms with Crippen molar-refractivity contribution >= 4 is 0 Å². The molecule has 0 aliphatic carbocycles. The van der Waals surface area contributed by atoms with Gasteiger partial charge in [-0.3, -0.25) is 0 Å². The van der Waals surface area contributed by atoms with Crippen LogP contribution in [0.5, 0.6) is 5.75 Å². The minimum Gasteiger partial charge on any atom is -0.508 e. The van der Waals surface area contributed by atoms with Crippen molar-refractivity contribution < 1.29 is 5.11 Å². The number of H-pyrrole nitrogens is 1. The predicted octanol–water partition coefficient (Wildman–Crippen LogP) is 1.84. The van der Waals surface area contributed by atoms with E-state index in [4.69, 9.17) is 0 Å². The van der Waals surface area contributed by atoms with Crippen molar-refractivity contribution in [3.63, 3.8) is 0 Å². The molecule has 0 saturated carbocycles. The molecule has 4 heteroatoms. The Morgan fingerprint density at radius 2 is 2.12 bits per heavy atom. The fourth-order valence-electron chi connectivity index (χ4n) is 1.72. The summed E-state index contributed by atoms with van der Waals surface area (Å²) in [5, 5.41) is 12.6. The third-order valence-corrected chi connectivity index (χ3v) is 2.65. The second-order valence-corrected chi connectivity index (χ2v) is 4.19. The second-order valence-electron chi connectivity index (χ2n) is 4.19. The molecule has 0 aliphatic heterocycles. The fourth-order valence-corrected chi connectivity index (χ4v) is 1.72. The molecule has 0 radical (unpaired) electrons. The molecule has 0 spiro atoms. The molecule has 0 fully saturated rings. The molecule has 90 valence electrons. The first kappa shape index (κ1) is 11.7. The monoisotopic (exact) mass is 231 g/mol. The summed E-state index contributed by atoms with van der Waals surface area (Å²) in [5.74, 6) is 1.26. The first-order valence-corrected chi connectivity index (χ1v) is 5.73. The van der Waals surface area contributed by atoms with Gasteiger partial charge in [0, 0.05) is 18.4 Å². The van der Waals surface area contributed by atoms with E-state index in [0.29, 0.717) is 11.8 Å². The van der Waals surface area contributed by atoms with E-state index in [2.05, 4.69) is 22.2 Å². The van der Waals surface area contributed by atoms with Crippen molar-refractivity contribution in [2.45, 2.75) is 25.9 Å². The number of rotatable bonds is 5. The summed E-state index contributed by atoms with van der Waals surface area (Å²) in [5.41, 5.74) is 1.21. The SMILES string of the molecule is C[C@H](Cc1ccc(O)cc1)NCc1ncc[nH]1. The van der Waals surface area contributed by atoms with Crippen molar-refractivity contribution in [2.75, 3.05) is 0 Å². The number of aromatic hydroxyl groups is 1. The zero-order valence-electron chi connectivity index (χ0n) is 9.85. The molecule has 17 heavy (non-hydrogen) atoms. The minimum absolute atomic E-state index is 0.310. The highest BCUT2D eigenvalue weighted by Crippen LogP contribution is 2.11. The van der Waals surface area contributed by atoms with E-state index in [1.165, 1.54) is 5.56 Å². The third kappa shape index (κ3) is 3.60. The largest absolute Gasteiger partial charge is 0.508 e. The average molecular weight is 231 g/mol. The summed E-state index contributed by atoms with van der Waals surface area (Å²) >= 11 is 0. The zero-order chi connectivity index (χ0) is 12.1. The molecular formula is C13H17N3O. The van der Waals surface area contributed by atoms with E-state index >= 15 is 0 Å². The molecule has 0 aliphatic rings. The summed E-state index contributed by atoms with van der Waals surface area (Å²) in [7, 11) is 0. The molecule has 1 heterocycles. The Hall–Kier alpha value is -1.81. The molecular weight excluding hydrogens is 214 g/mol. The van der Waals surface area contributed by atoms with Gasteiger partial charge in [0.05, 0.1) is 6.54 Å². The smallest absolute Gasteiger partial charge is 0.120 e. The van der Waals surface area contributed by atoms with Gasteiger partial charge in [0.25, 0.3) is 0 Å². The van der Waals surface area contributed by atoms with Gasteiger partial charge in [-0.1, -0.05) is 12.1 Å². The van der Waals surface area contributed by atoms with Crippen LogP contribution in [0.4, 0.5) is 0 Å². The third-order valence-electron chi connectivity index (χ3n) is 2.65. The molecule has 3 N–H and O–H groups in total. The average Bonchev–Trinajstić information content (AvgIpc) is 2.83. The van der Waals surface area contributed by atoms with Crippen LogP contribution < -0.4 is 5.32 Å². The lowest BCUT2D eigenvalue weighted by Crippen LogP contribution is -2.27. The van der Waals surface area contributed by atoms with E-state index < -0.39 is 0 Å². The first-order chi connectivity index (χ1) is 8.24. The van der Waals surface area contributed by atoms with Gasteiger partial charge < -0.3 is 15.4 Å². The predicted molar refractivity (Wildman–Crippen MR) is 66.7 cm³/mol. The van der Waals surface area contributed by atoms with Crippen molar-refractivity contribution in [2.24, 2.45) is 0 Å². The second kappa shape index (κ2) is 5.50. The Kier molecular flexibility index (Phi) is 3.77. The maximum atomic E-state index is 9.19. The van der Waals surface area contributed by atoms with Crippen LogP contribution in [0.2, 0.25) is 0 Å². The lowest BCUT2D eigenvalue weighted by molar-refractivity contribution is 0.474. The normalized spacial score (nSPS) is 12.5. The number of hydrogen-bond donors (Lipinski definition) is 3. The molecule has 0 unspecified atom stereocenters. The molecule has 4 nitrogen and oxygen atoms in total. The van der Waals surface area contributed by atoms with Crippen LogP contribution in [0, 0.1) is 0 Å². The highest BCUT2D eigenvalue weighted by molar-refractivity contribution is 5.26. The van der Waals surface area contributed by atoms with Crippen LogP contribution in [0.3, 0.4) is 0 Å². The molecule has 0 amide bonds. The Balaban J connectivity index is 1.80. The first-order valence-electron chi connectivity index (χ1n) is 5.73. The van der Waals surface area contributed by atoms with Crippen LogP contribution in [-0.4, -0.2) is 21.1 Å². The quantitative estimate of drug-likeness (QED) is 0.735. The van der Waals surface area contributed by atoms with Crippen LogP contribution in [0.1, 0.15) is 18.3 Å². The van der Waals surface area contributed by atoms with Gasteiger partial charge in [-0.05, 0) is 31.0 Å². The Labute approximate surface area is 101 Å². The van der Waals surface area contributed by atoms with Gasteiger partial charge in [-0.25, -0.2) is 4.98 Å². The van der Waals surface area contributed by atoms with Crippen molar-refractivity contribution in [1.29, 1.82) is 0 Å². The van der Waals surface area contributed by atoms with Gasteiger partial charge in [0.1, 0.15) is 11.6 Å². The van der Waals surface area contributed by atoms with Gasteiger partial charge in [0.2, 0.25) is 0 Å². The molecule has 1 aromatic carbocycles. The topological polar surface area (TPSA) is 60.9 Å². The lowest BCUT2D eigenvalue weighted by Gasteiger charge is -2.12. The highest BCUT2D eigenvalue weighted by atomic mass is 16.3. The van der Waals surface area contributed by atoms with Crippen molar-refractivity contribution in [1.82, 2.24) is 15.3 Å². The molecule has 2 rings (SSSR count). The van der Waals surface area contributed by atoms with Crippen LogP contribution in [0.25, 0.3) is 0 Å². The number of aromatic amines is 1. The van der Waals surface area contributed by atoms with Crippen LogP contribution in [0.15, 0.2) is 36.7 Å².